The maximum absolute atomic E-state index is 6.21. The summed E-state index contributed by atoms with van der Waals surface area (Å²) in [7, 11) is 0. The molecule has 1 heterocycles. The van der Waals surface area contributed by atoms with Crippen LogP contribution < -0.4 is 5.73 Å². The highest BCUT2D eigenvalue weighted by Gasteiger charge is 2.10. The molecule has 1 aromatic heterocycles. The van der Waals surface area contributed by atoms with Crippen molar-refractivity contribution in [2.45, 2.75) is 37.2 Å². The molecule has 5 heteroatoms. The summed E-state index contributed by atoms with van der Waals surface area (Å²) in [6.45, 7) is 3.16. The molecule has 20 heavy (non-hydrogen) atoms. The highest BCUT2D eigenvalue weighted by atomic mass is 35.5. The van der Waals surface area contributed by atoms with E-state index in [1.807, 2.05) is 36.7 Å². The first kappa shape index (κ1) is 15.4. The van der Waals surface area contributed by atoms with Gasteiger partial charge in [0.1, 0.15) is 5.82 Å². The molecule has 0 fully saturated rings. The zero-order valence-electron chi connectivity index (χ0n) is 11.6. The van der Waals surface area contributed by atoms with Crippen LogP contribution in [-0.4, -0.2) is 21.3 Å². The van der Waals surface area contributed by atoms with Crippen molar-refractivity contribution in [1.29, 1.82) is 0 Å². The van der Waals surface area contributed by atoms with Gasteiger partial charge >= 0.3 is 0 Å². The fourth-order valence-corrected chi connectivity index (χ4v) is 3.22. The summed E-state index contributed by atoms with van der Waals surface area (Å²) < 4.78 is 2.18. The molecule has 2 aromatic rings. The number of hydrogen-bond donors (Lipinski definition) is 1. The van der Waals surface area contributed by atoms with Gasteiger partial charge in [0.2, 0.25) is 0 Å². The molecule has 0 saturated heterocycles. The number of imidazole rings is 1. The monoisotopic (exact) mass is 309 g/mol. The van der Waals surface area contributed by atoms with E-state index in [4.69, 9.17) is 17.3 Å². The van der Waals surface area contributed by atoms with Gasteiger partial charge in [-0.3, -0.25) is 0 Å². The second-order valence-electron chi connectivity index (χ2n) is 4.74. The van der Waals surface area contributed by atoms with Gasteiger partial charge in [-0.15, -0.1) is 11.8 Å². The van der Waals surface area contributed by atoms with Gasteiger partial charge in [-0.25, -0.2) is 4.98 Å². The Hall–Kier alpha value is -0.970. The summed E-state index contributed by atoms with van der Waals surface area (Å²) in [5.41, 5.74) is 6.21. The first-order chi connectivity index (χ1) is 9.70. The highest BCUT2D eigenvalue weighted by Crippen LogP contribution is 2.27. The third-order valence-corrected chi connectivity index (χ3v) is 4.70. The van der Waals surface area contributed by atoms with Crippen molar-refractivity contribution in [3.63, 3.8) is 0 Å². The van der Waals surface area contributed by atoms with Crippen LogP contribution in [0.15, 0.2) is 41.6 Å². The largest absolute Gasteiger partial charge is 0.335 e. The molecule has 0 amide bonds. The third kappa shape index (κ3) is 4.27. The van der Waals surface area contributed by atoms with Gasteiger partial charge in [-0.2, -0.15) is 0 Å². The molecule has 1 aromatic carbocycles. The second-order valence-corrected chi connectivity index (χ2v) is 6.21. The molecular formula is C15H20ClN3S. The average molecular weight is 310 g/mol. The molecular weight excluding hydrogens is 290 g/mol. The first-order valence-corrected chi connectivity index (χ1v) is 8.20. The van der Waals surface area contributed by atoms with Crippen LogP contribution in [-0.2, 0) is 13.0 Å². The van der Waals surface area contributed by atoms with E-state index in [9.17, 15) is 0 Å². The van der Waals surface area contributed by atoms with E-state index in [1.54, 1.807) is 11.8 Å². The van der Waals surface area contributed by atoms with Crippen molar-refractivity contribution in [2.75, 3.05) is 5.75 Å². The second kappa shape index (κ2) is 7.72. The number of hydrogen-bond acceptors (Lipinski definition) is 3. The van der Waals surface area contributed by atoms with E-state index in [0.717, 1.165) is 40.9 Å². The number of benzene rings is 1. The molecule has 0 bridgehead atoms. The van der Waals surface area contributed by atoms with Crippen molar-refractivity contribution < 1.29 is 0 Å². The maximum atomic E-state index is 6.21. The van der Waals surface area contributed by atoms with Crippen LogP contribution in [0.4, 0.5) is 0 Å². The van der Waals surface area contributed by atoms with Gasteiger partial charge in [0.05, 0.1) is 5.02 Å². The molecule has 0 aliphatic carbocycles. The number of nitrogens with zero attached hydrogens (tertiary/aromatic N) is 2. The Morgan fingerprint density at radius 3 is 2.95 bits per heavy atom. The van der Waals surface area contributed by atoms with Crippen LogP contribution in [0.1, 0.15) is 19.2 Å². The minimum Gasteiger partial charge on any atom is -0.335 e. The molecule has 0 radical (unpaired) electrons. The van der Waals surface area contributed by atoms with Gasteiger partial charge in [0, 0.05) is 42.0 Å². The lowest BCUT2D eigenvalue weighted by Crippen LogP contribution is -2.27. The van der Waals surface area contributed by atoms with E-state index in [0.29, 0.717) is 0 Å². The first-order valence-electron chi connectivity index (χ1n) is 6.83. The number of rotatable bonds is 7. The Bertz CT molecular complexity index is 541. The Morgan fingerprint density at radius 1 is 1.40 bits per heavy atom. The Balaban J connectivity index is 1.88. The maximum Gasteiger partial charge on any atom is 0.110 e. The molecule has 2 N–H and O–H groups in total. The fourth-order valence-electron chi connectivity index (χ4n) is 2.03. The summed E-state index contributed by atoms with van der Waals surface area (Å²) in [6.07, 6.45) is 5.77. The zero-order chi connectivity index (χ0) is 14.4. The van der Waals surface area contributed by atoms with Gasteiger partial charge in [-0.05, 0) is 18.6 Å². The van der Waals surface area contributed by atoms with E-state index < -0.39 is 0 Å². The summed E-state index contributed by atoms with van der Waals surface area (Å²) in [5, 5.41) is 0.789. The van der Waals surface area contributed by atoms with Crippen LogP contribution in [0.25, 0.3) is 0 Å². The minimum absolute atomic E-state index is 0.0780. The Morgan fingerprint density at radius 2 is 2.20 bits per heavy atom. The zero-order valence-corrected chi connectivity index (χ0v) is 13.2. The molecule has 0 spiro atoms. The lowest BCUT2D eigenvalue weighted by molar-refractivity contribution is 0.607. The molecule has 108 valence electrons. The van der Waals surface area contributed by atoms with Crippen molar-refractivity contribution >= 4 is 23.4 Å². The number of nitrogens with two attached hydrogens (primary N) is 1. The molecule has 0 aliphatic heterocycles. The Kier molecular flexibility index (Phi) is 5.95. The van der Waals surface area contributed by atoms with Crippen molar-refractivity contribution in [1.82, 2.24) is 9.55 Å². The molecule has 1 unspecified atom stereocenters. The standard InChI is InChI=1S/C15H20ClN3S/c1-2-8-19-9-7-18-15(19)10-12(17)11-20-14-6-4-3-5-13(14)16/h3-7,9,12H,2,8,10-11,17H2,1H3. The van der Waals surface area contributed by atoms with Crippen LogP contribution in [0, 0.1) is 0 Å². The molecule has 0 saturated carbocycles. The van der Waals surface area contributed by atoms with Crippen LogP contribution >= 0.6 is 23.4 Å². The number of thioether (sulfide) groups is 1. The average Bonchev–Trinajstić information content (AvgIpc) is 2.86. The normalized spacial score (nSPS) is 12.6. The van der Waals surface area contributed by atoms with Crippen molar-refractivity contribution in [3.05, 3.63) is 47.5 Å². The minimum atomic E-state index is 0.0780. The highest BCUT2D eigenvalue weighted by molar-refractivity contribution is 7.99. The van der Waals surface area contributed by atoms with Crippen LogP contribution in [0.5, 0.6) is 0 Å². The Labute approximate surface area is 129 Å². The van der Waals surface area contributed by atoms with Crippen molar-refractivity contribution in [2.24, 2.45) is 5.73 Å². The summed E-state index contributed by atoms with van der Waals surface area (Å²) in [5.74, 6) is 1.90. The van der Waals surface area contributed by atoms with Crippen molar-refractivity contribution in [3.8, 4) is 0 Å². The van der Waals surface area contributed by atoms with E-state index in [2.05, 4.69) is 16.5 Å². The molecule has 1 atom stereocenters. The predicted octanol–water partition coefficient (Wildman–Crippen LogP) is 3.61. The number of halogens is 1. The third-order valence-electron chi connectivity index (χ3n) is 3.00. The topological polar surface area (TPSA) is 43.8 Å². The van der Waals surface area contributed by atoms with E-state index in [1.165, 1.54) is 0 Å². The predicted molar refractivity (Wildman–Crippen MR) is 86.4 cm³/mol. The fraction of sp³-hybridized carbons (Fsp3) is 0.400. The smallest absolute Gasteiger partial charge is 0.110 e. The molecule has 0 aliphatic rings. The van der Waals surface area contributed by atoms with Crippen LogP contribution in [0.3, 0.4) is 0 Å². The van der Waals surface area contributed by atoms with E-state index in [-0.39, 0.29) is 6.04 Å². The molecule has 2 rings (SSSR count). The lowest BCUT2D eigenvalue weighted by atomic mass is 10.2. The van der Waals surface area contributed by atoms with Gasteiger partial charge < -0.3 is 10.3 Å². The van der Waals surface area contributed by atoms with Gasteiger partial charge in [-0.1, -0.05) is 30.7 Å². The van der Waals surface area contributed by atoms with Gasteiger partial charge in [0.25, 0.3) is 0 Å². The SMILES string of the molecule is CCCn1ccnc1CC(N)CSc1ccccc1Cl. The quantitative estimate of drug-likeness (QED) is 0.795. The number of aryl methyl sites for hydroxylation is 1. The molecule has 3 nitrogen and oxygen atoms in total. The van der Waals surface area contributed by atoms with Crippen LogP contribution in [0.2, 0.25) is 5.02 Å². The summed E-state index contributed by atoms with van der Waals surface area (Å²) in [4.78, 5) is 5.48. The summed E-state index contributed by atoms with van der Waals surface area (Å²) in [6, 6.07) is 7.94. The summed E-state index contributed by atoms with van der Waals surface area (Å²) >= 11 is 7.84. The van der Waals surface area contributed by atoms with Gasteiger partial charge in [0.15, 0.2) is 0 Å². The lowest BCUT2D eigenvalue weighted by Gasteiger charge is -2.13. The van der Waals surface area contributed by atoms with E-state index >= 15 is 0 Å². The number of aromatic nitrogens is 2.